The predicted octanol–water partition coefficient (Wildman–Crippen LogP) is 2.80. The van der Waals surface area contributed by atoms with Crippen LogP contribution in [0.4, 0.5) is 0 Å². The lowest BCUT2D eigenvalue weighted by Crippen LogP contribution is -2.04. The molecule has 0 radical (unpaired) electrons. The number of benzene rings is 1. The Kier molecular flexibility index (Phi) is 3.01. The number of hydrogen-bond donors (Lipinski definition) is 1. The third kappa shape index (κ3) is 2.12. The van der Waals surface area contributed by atoms with Crippen molar-refractivity contribution in [3.05, 3.63) is 60.2 Å². The summed E-state index contributed by atoms with van der Waals surface area (Å²) < 4.78 is 7.54. The molecular formula is C17H13N3O3. The van der Waals surface area contributed by atoms with Crippen LogP contribution in [0.3, 0.4) is 0 Å². The molecule has 1 aromatic carbocycles. The molecule has 114 valence electrons. The zero-order chi connectivity index (χ0) is 15.8. The number of nitrogens with zero attached hydrogens (tertiary/aromatic N) is 3. The number of fused-ring (bicyclic) bond motifs is 2. The van der Waals surface area contributed by atoms with Crippen LogP contribution in [0, 0.1) is 0 Å². The van der Waals surface area contributed by atoms with Gasteiger partial charge in [0.15, 0.2) is 5.76 Å². The number of rotatable bonds is 2. The second-order valence-electron chi connectivity index (χ2n) is 5.04. The van der Waals surface area contributed by atoms with E-state index in [2.05, 4.69) is 10.1 Å². The summed E-state index contributed by atoms with van der Waals surface area (Å²) in [6.45, 7) is 0. The first-order valence-corrected chi connectivity index (χ1v) is 7.03. The lowest BCUT2D eigenvalue weighted by atomic mass is 10.2. The Balaban J connectivity index is 1.95. The lowest BCUT2D eigenvalue weighted by Gasteiger charge is -2.05. The second-order valence-corrected chi connectivity index (χ2v) is 5.04. The van der Waals surface area contributed by atoms with Crippen molar-refractivity contribution in [1.82, 2.24) is 9.71 Å². The first-order chi connectivity index (χ1) is 11.3. The Morgan fingerprint density at radius 2 is 2.09 bits per heavy atom. The molecule has 0 atom stereocenters. The zero-order valence-electron chi connectivity index (χ0n) is 12.3. The molecule has 0 bridgehead atoms. The van der Waals surface area contributed by atoms with Crippen molar-refractivity contribution in [2.75, 3.05) is 7.11 Å². The summed E-state index contributed by atoms with van der Waals surface area (Å²) in [6.07, 6.45) is 3.54. The van der Waals surface area contributed by atoms with Crippen molar-refractivity contribution < 1.29 is 14.5 Å². The minimum Gasteiger partial charge on any atom is -0.454 e. The average Bonchev–Trinajstić information content (AvgIpc) is 3.03. The van der Waals surface area contributed by atoms with Gasteiger partial charge in [-0.25, -0.2) is 0 Å². The van der Waals surface area contributed by atoms with E-state index < -0.39 is 0 Å². The largest absolute Gasteiger partial charge is 0.454 e. The van der Waals surface area contributed by atoms with Gasteiger partial charge < -0.3 is 14.5 Å². The molecule has 0 aliphatic heterocycles. The van der Waals surface area contributed by atoms with E-state index in [1.54, 1.807) is 24.1 Å². The van der Waals surface area contributed by atoms with Gasteiger partial charge in [0, 0.05) is 23.0 Å². The number of aromatic nitrogens is 2. The molecule has 0 amide bonds. The highest BCUT2D eigenvalue weighted by Gasteiger charge is 2.09. The second kappa shape index (κ2) is 5.17. The molecule has 0 fully saturated rings. The van der Waals surface area contributed by atoms with Gasteiger partial charge in [-0.15, -0.1) is 0 Å². The third-order valence-electron chi connectivity index (χ3n) is 3.75. The van der Waals surface area contributed by atoms with Gasteiger partial charge in [-0.3, -0.25) is 4.98 Å². The summed E-state index contributed by atoms with van der Waals surface area (Å²) in [5.41, 5.74) is 2.15. The van der Waals surface area contributed by atoms with E-state index in [0.717, 1.165) is 16.3 Å². The first-order valence-electron chi connectivity index (χ1n) is 7.03. The fourth-order valence-corrected chi connectivity index (χ4v) is 2.63. The van der Waals surface area contributed by atoms with Crippen molar-refractivity contribution in [2.24, 2.45) is 5.16 Å². The summed E-state index contributed by atoms with van der Waals surface area (Å²) in [4.78, 5) is 9.63. The van der Waals surface area contributed by atoms with Crippen molar-refractivity contribution >= 4 is 21.9 Å². The third-order valence-corrected chi connectivity index (χ3v) is 3.75. The van der Waals surface area contributed by atoms with Gasteiger partial charge in [-0.05, 0) is 24.3 Å². The van der Waals surface area contributed by atoms with Crippen LogP contribution in [0.2, 0.25) is 0 Å². The van der Waals surface area contributed by atoms with Gasteiger partial charge >= 0.3 is 0 Å². The van der Waals surface area contributed by atoms with Crippen molar-refractivity contribution in [3.63, 3.8) is 0 Å². The maximum absolute atomic E-state index is 9.26. The molecule has 0 unspecified atom stereocenters. The fraction of sp³-hybridized carbons (Fsp3) is 0.0588. The van der Waals surface area contributed by atoms with E-state index in [1.165, 1.54) is 0 Å². The molecule has 23 heavy (non-hydrogen) atoms. The molecular weight excluding hydrogens is 294 g/mol. The highest BCUT2D eigenvalue weighted by molar-refractivity contribution is 5.83. The quantitative estimate of drug-likeness (QED) is 0.456. The number of hydrogen-bond acceptors (Lipinski definition) is 5. The molecule has 6 heteroatoms. The van der Waals surface area contributed by atoms with E-state index in [4.69, 9.17) is 9.25 Å². The normalized spacial score (nSPS) is 12.1. The topological polar surface area (TPSA) is 72.8 Å². The molecule has 3 heterocycles. The smallest absolute Gasteiger partial charge is 0.155 e. The van der Waals surface area contributed by atoms with E-state index in [9.17, 15) is 5.21 Å². The molecule has 1 N–H and O–H groups in total. The molecule has 4 aromatic rings. The molecule has 0 saturated heterocycles. The minimum atomic E-state index is 0.443. The summed E-state index contributed by atoms with van der Waals surface area (Å²) >= 11 is 0. The van der Waals surface area contributed by atoms with E-state index in [1.807, 2.05) is 42.6 Å². The summed E-state index contributed by atoms with van der Waals surface area (Å²) in [5, 5.41) is 14.8. The van der Waals surface area contributed by atoms with Crippen LogP contribution in [0.15, 0.2) is 64.4 Å². The average molecular weight is 307 g/mol. The van der Waals surface area contributed by atoms with E-state index in [0.29, 0.717) is 22.4 Å². The number of para-hydroxylation sites is 1. The van der Waals surface area contributed by atoms with Crippen LogP contribution in [0.5, 0.6) is 0 Å². The molecule has 6 nitrogen and oxygen atoms in total. The molecule has 0 spiro atoms. The number of pyridine rings is 1. The molecule has 3 aromatic heterocycles. The van der Waals surface area contributed by atoms with Gasteiger partial charge in [0.2, 0.25) is 0 Å². The maximum Gasteiger partial charge on any atom is 0.155 e. The summed E-state index contributed by atoms with van der Waals surface area (Å²) in [7, 11) is 1.60. The monoisotopic (exact) mass is 307 g/mol. The van der Waals surface area contributed by atoms with Gasteiger partial charge in [-0.1, -0.05) is 17.3 Å². The Bertz CT molecular complexity index is 1080. The van der Waals surface area contributed by atoms with Crippen LogP contribution in [0.1, 0.15) is 0 Å². The Hall–Kier alpha value is -3.28. The molecule has 4 rings (SSSR count). The van der Waals surface area contributed by atoms with Gasteiger partial charge in [-0.2, -0.15) is 4.73 Å². The van der Waals surface area contributed by atoms with Crippen LogP contribution >= 0.6 is 0 Å². The van der Waals surface area contributed by atoms with Crippen LogP contribution in [-0.2, 0) is 0 Å². The predicted molar refractivity (Wildman–Crippen MR) is 84.8 cm³/mol. The highest BCUT2D eigenvalue weighted by Crippen LogP contribution is 2.24. The highest BCUT2D eigenvalue weighted by atomic mass is 16.6. The fourth-order valence-electron chi connectivity index (χ4n) is 2.63. The van der Waals surface area contributed by atoms with E-state index >= 15 is 0 Å². The van der Waals surface area contributed by atoms with Crippen LogP contribution in [0.25, 0.3) is 33.3 Å². The SMILES string of the molecule is COn1ccc2cc(-c3c/c(=N/O)c4ccccc4o3)ncc21. The van der Waals surface area contributed by atoms with Gasteiger partial charge in [0.25, 0.3) is 0 Å². The standard InChI is InChI=1S/C17H13N3O3/c1-22-20-7-6-11-8-14(18-10-15(11)20)17-9-13(19-21)12-4-2-3-5-16(12)23-17/h2-10,21H,1H3/b19-13-. The Labute approximate surface area is 130 Å². The van der Waals surface area contributed by atoms with E-state index in [-0.39, 0.29) is 0 Å². The van der Waals surface area contributed by atoms with Gasteiger partial charge in [0.05, 0.1) is 6.20 Å². The maximum atomic E-state index is 9.26. The van der Waals surface area contributed by atoms with Crippen LogP contribution in [-0.4, -0.2) is 22.0 Å². The molecule has 0 aliphatic rings. The lowest BCUT2D eigenvalue weighted by molar-refractivity contribution is 0.179. The summed E-state index contributed by atoms with van der Waals surface area (Å²) in [6, 6.07) is 12.9. The van der Waals surface area contributed by atoms with Crippen molar-refractivity contribution in [2.45, 2.75) is 0 Å². The van der Waals surface area contributed by atoms with Crippen LogP contribution < -0.4 is 10.2 Å². The Morgan fingerprint density at radius 1 is 1.22 bits per heavy atom. The summed E-state index contributed by atoms with van der Waals surface area (Å²) in [5.74, 6) is 0.531. The first kappa shape index (κ1) is 13.4. The van der Waals surface area contributed by atoms with Gasteiger partial charge in [0.1, 0.15) is 29.3 Å². The Morgan fingerprint density at radius 3 is 2.91 bits per heavy atom. The molecule has 0 saturated carbocycles. The minimum absolute atomic E-state index is 0.443. The van der Waals surface area contributed by atoms with Crippen molar-refractivity contribution in [1.29, 1.82) is 0 Å². The van der Waals surface area contributed by atoms with Crippen molar-refractivity contribution in [3.8, 4) is 11.5 Å². The zero-order valence-corrected chi connectivity index (χ0v) is 12.3. The molecule has 0 aliphatic carbocycles.